The molecule has 5 nitrogen and oxygen atoms in total. The molecule has 1 aromatic carbocycles. The van der Waals surface area contributed by atoms with Crippen LogP contribution in [0, 0.1) is 6.92 Å². The number of hydrogen-bond acceptors (Lipinski definition) is 5. The van der Waals surface area contributed by atoms with Crippen LogP contribution in [0.2, 0.25) is 0 Å². The number of ether oxygens (including phenoxy) is 1. The van der Waals surface area contributed by atoms with Crippen LogP contribution in [-0.2, 0) is 6.42 Å². The van der Waals surface area contributed by atoms with E-state index in [1.165, 1.54) is 5.56 Å². The number of methoxy groups -OCH3 is 1. The van der Waals surface area contributed by atoms with Crippen molar-refractivity contribution in [3.8, 4) is 5.75 Å². The summed E-state index contributed by atoms with van der Waals surface area (Å²) >= 11 is 0. The van der Waals surface area contributed by atoms with E-state index in [0.717, 1.165) is 56.4 Å². The molecule has 1 aliphatic heterocycles. The van der Waals surface area contributed by atoms with Crippen LogP contribution in [0.15, 0.2) is 36.7 Å². The van der Waals surface area contributed by atoms with Gasteiger partial charge in [0.2, 0.25) is 0 Å². The molecule has 3 rings (SSSR count). The number of piperazine rings is 1. The number of aromatic nitrogens is 2. The molecule has 0 aliphatic carbocycles. The van der Waals surface area contributed by atoms with Gasteiger partial charge in [0.05, 0.1) is 7.11 Å². The molecule has 2 heterocycles. The average Bonchev–Trinajstić information content (AvgIpc) is 2.61. The van der Waals surface area contributed by atoms with Gasteiger partial charge in [-0.3, -0.25) is 4.90 Å². The van der Waals surface area contributed by atoms with Gasteiger partial charge in [-0.1, -0.05) is 12.1 Å². The topological polar surface area (TPSA) is 41.5 Å². The summed E-state index contributed by atoms with van der Waals surface area (Å²) in [5, 5.41) is 0. The first-order chi connectivity index (χ1) is 11.2. The van der Waals surface area contributed by atoms with E-state index in [4.69, 9.17) is 4.74 Å². The summed E-state index contributed by atoms with van der Waals surface area (Å²) in [6.45, 7) is 7.33. The zero-order valence-electron chi connectivity index (χ0n) is 13.9. The SMILES string of the molecule is COc1ccc(CCN2CCN(c3cc(C)ncn3)CC2)cc1. The number of benzene rings is 1. The van der Waals surface area contributed by atoms with Crippen molar-refractivity contribution in [2.45, 2.75) is 13.3 Å². The summed E-state index contributed by atoms with van der Waals surface area (Å²) < 4.78 is 5.20. The fraction of sp³-hybridized carbons (Fsp3) is 0.444. The van der Waals surface area contributed by atoms with Crippen LogP contribution in [0.1, 0.15) is 11.3 Å². The van der Waals surface area contributed by atoms with Crippen molar-refractivity contribution in [2.75, 3.05) is 44.7 Å². The molecule has 1 fully saturated rings. The van der Waals surface area contributed by atoms with Crippen LogP contribution in [0.5, 0.6) is 5.75 Å². The largest absolute Gasteiger partial charge is 0.497 e. The number of anilines is 1. The zero-order chi connectivity index (χ0) is 16.1. The van der Waals surface area contributed by atoms with E-state index in [9.17, 15) is 0 Å². The third-order valence-corrected chi connectivity index (χ3v) is 4.36. The highest BCUT2D eigenvalue weighted by Crippen LogP contribution is 2.15. The van der Waals surface area contributed by atoms with Crippen molar-refractivity contribution >= 4 is 5.82 Å². The van der Waals surface area contributed by atoms with Crippen LogP contribution in [0.25, 0.3) is 0 Å². The fourth-order valence-corrected chi connectivity index (χ4v) is 2.89. The lowest BCUT2D eigenvalue weighted by molar-refractivity contribution is 0.260. The van der Waals surface area contributed by atoms with E-state index in [-0.39, 0.29) is 0 Å². The maximum atomic E-state index is 5.20. The highest BCUT2D eigenvalue weighted by molar-refractivity contribution is 5.39. The Morgan fingerprint density at radius 1 is 1.04 bits per heavy atom. The lowest BCUT2D eigenvalue weighted by Gasteiger charge is -2.35. The molecule has 0 spiro atoms. The van der Waals surface area contributed by atoms with Gasteiger partial charge in [0.1, 0.15) is 17.9 Å². The van der Waals surface area contributed by atoms with E-state index in [1.54, 1.807) is 13.4 Å². The predicted molar refractivity (Wildman–Crippen MR) is 92.1 cm³/mol. The zero-order valence-corrected chi connectivity index (χ0v) is 13.9. The summed E-state index contributed by atoms with van der Waals surface area (Å²) in [4.78, 5) is 13.4. The molecule has 0 unspecified atom stereocenters. The smallest absolute Gasteiger partial charge is 0.132 e. The van der Waals surface area contributed by atoms with Gasteiger partial charge in [0, 0.05) is 44.5 Å². The normalized spacial score (nSPS) is 15.7. The highest BCUT2D eigenvalue weighted by atomic mass is 16.5. The minimum atomic E-state index is 0.919. The van der Waals surface area contributed by atoms with Gasteiger partial charge >= 0.3 is 0 Å². The quantitative estimate of drug-likeness (QED) is 0.846. The summed E-state index contributed by atoms with van der Waals surface area (Å²) in [7, 11) is 1.70. The van der Waals surface area contributed by atoms with Gasteiger partial charge in [-0.05, 0) is 31.0 Å². The predicted octanol–water partition coefficient (Wildman–Crippen LogP) is 2.16. The molecule has 0 amide bonds. The summed E-state index contributed by atoms with van der Waals surface area (Å²) in [6.07, 6.45) is 2.73. The van der Waals surface area contributed by atoms with Gasteiger partial charge in [-0.25, -0.2) is 9.97 Å². The maximum Gasteiger partial charge on any atom is 0.132 e. The monoisotopic (exact) mass is 312 g/mol. The van der Waals surface area contributed by atoms with Gasteiger partial charge in [0.15, 0.2) is 0 Å². The van der Waals surface area contributed by atoms with E-state index < -0.39 is 0 Å². The number of rotatable bonds is 5. The fourth-order valence-electron chi connectivity index (χ4n) is 2.89. The van der Waals surface area contributed by atoms with Gasteiger partial charge in [0.25, 0.3) is 0 Å². The van der Waals surface area contributed by atoms with Gasteiger partial charge in [-0.15, -0.1) is 0 Å². The molecule has 0 bridgehead atoms. The molecule has 23 heavy (non-hydrogen) atoms. The summed E-state index contributed by atoms with van der Waals surface area (Å²) in [6, 6.07) is 10.4. The van der Waals surface area contributed by atoms with Gasteiger partial charge < -0.3 is 9.64 Å². The molecular weight excluding hydrogens is 288 g/mol. The Kier molecular flexibility index (Phi) is 5.08. The minimum absolute atomic E-state index is 0.919. The highest BCUT2D eigenvalue weighted by Gasteiger charge is 2.17. The molecule has 1 aliphatic rings. The summed E-state index contributed by atoms with van der Waals surface area (Å²) in [5.41, 5.74) is 2.39. The lowest BCUT2D eigenvalue weighted by Crippen LogP contribution is -2.47. The van der Waals surface area contributed by atoms with Crippen LogP contribution in [0.3, 0.4) is 0 Å². The minimum Gasteiger partial charge on any atom is -0.497 e. The third kappa shape index (κ3) is 4.20. The number of aryl methyl sites for hydroxylation is 1. The Morgan fingerprint density at radius 3 is 2.43 bits per heavy atom. The number of hydrogen-bond donors (Lipinski definition) is 0. The Bertz CT molecular complexity index is 621. The Balaban J connectivity index is 1.47. The first-order valence-electron chi connectivity index (χ1n) is 8.13. The van der Waals surface area contributed by atoms with Crippen molar-refractivity contribution in [2.24, 2.45) is 0 Å². The van der Waals surface area contributed by atoms with Crippen LogP contribution in [-0.4, -0.2) is 54.7 Å². The third-order valence-electron chi connectivity index (χ3n) is 4.36. The molecule has 0 radical (unpaired) electrons. The average molecular weight is 312 g/mol. The van der Waals surface area contributed by atoms with Crippen molar-refractivity contribution in [3.05, 3.63) is 47.9 Å². The second-order valence-electron chi connectivity index (χ2n) is 5.94. The second-order valence-corrected chi connectivity index (χ2v) is 5.94. The first-order valence-corrected chi connectivity index (χ1v) is 8.13. The van der Waals surface area contributed by atoms with E-state index in [0.29, 0.717) is 0 Å². The molecular formula is C18H24N4O. The van der Waals surface area contributed by atoms with Crippen molar-refractivity contribution < 1.29 is 4.74 Å². The van der Waals surface area contributed by atoms with Gasteiger partial charge in [-0.2, -0.15) is 0 Å². The first kappa shape index (κ1) is 15.7. The van der Waals surface area contributed by atoms with Crippen molar-refractivity contribution in [1.29, 1.82) is 0 Å². The van der Waals surface area contributed by atoms with Crippen LogP contribution in [0.4, 0.5) is 5.82 Å². The molecule has 122 valence electrons. The molecule has 5 heteroatoms. The second kappa shape index (κ2) is 7.42. The molecule has 1 aromatic heterocycles. The molecule has 2 aromatic rings. The molecule has 0 N–H and O–H groups in total. The Morgan fingerprint density at radius 2 is 1.78 bits per heavy atom. The van der Waals surface area contributed by atoms with Crippen molar-refractivity contribution in [3.63, 3.8) is 0 Å². The Hall–Kier alpha value is -2.14. The lowest BCUT2D eigenvalue weighted by atomic mass is 10.1. The Labute approximate surface area is 137 Å². The van der Waals surface area contributed by atoms with Crippen LogP contribution >= 0.6 is 0 Å². The van der Waals surface area contributed by atoms with Crippen molar-refractivity contribution in [1.82, 2.24) is 14.9 Å². The van der Waals surface area contributed by atoms with Crippen LogP contribution < -0.4 is 9.64 Å². The number of nitrogens with zero attached hydrogens (tertiary/aromatic N) is 4. The van der Waals surface area contributed by atoms with E-state index in [2.05, 4.69) is 38.0 Å². The molecule has 1 saturated heterocycles. The molecule has 0 saturated carbocycles. The summed E-state index contributed by atoms with van der Waals surface area (Å²) in [5.74, 6) is 1.97. The van der Waals surface area contributed by atoms with E-state index >= 15 is 0 Å². The molecule has 0 atom stereocenters. The maximum absolute atomic E-state index is 5.20. The standard InChI is InChI=1S/C18H24N4O/c1-15-13-18(20-14-19-15)22-11-9-21(10-12-22)8-7-16-3-5-17(23-2)6-4-16/h3-6,13-14H,7-12H2,1-2H3. The van der Waals surface area contributed by atoms with E-state index in [1.807, 2.05) is 19.1 Å².